The minimum atomic E-state index is -0.932. The Bertz CT molecular complexity index is 735. The van der Waals surface area contributed by atoms with Crippen molar-refractivity contribution in [1.82, 2.24) is 4.90 Å². The van der Waals surface area contributed by atoms with Gasteiger partial charge in [0, 0.05) is 31.6 Å². The zero-order valence-electron chi connectivity index (χ0n) is 14.5. The first-order valence-corrected chi connectivity index (χ1v) is 9.84. The zero-order chi connectivity index (χ0) is 17.6. The summed E-state index contributed by atoms with van der Waals surface area (Å²) < 4.78 is 11.9. The van der Waals surface area contributed by atoms with E-state index in [1.807, 2.05) is 24.5 Å². The smallest absolute Gasteiger partial charge is 0.261 e. The molecule has 1 saturated heterocycles. The predicted molar refractivity (Wildman–Crippen MR) is 99.8 cm³/mol. The number of nitrogens with zero attached hydrogens (tertiary/aromatic N) is 2. The number of rotatable bonds is 1. The Hall–Kier alpha value is -1.47. The van der Waals surface area contributed by atoms with Gasteiger partial charge in [0.15, 0.2) is 10.7 Å². The molecular formula is C18H21BN2O3S. The molecule has 2 radical (unpaired) electrons. The molecule has 7 heteroatoms. The van der Waals surface area contributed by atoms with E-state index in [0.717, 1.165) is 30.2 Å². The third-order valence-corrected chi connectivity index (χ3v) is 6.09. The largest absolute Gasteiger partial charge is 0.490 e. The Kier molecular flexibility index (Phi) is 4.32. The molecule has 3 atom stereocenters. The fourth-order valence-electron chi connectivity index (χ4n) is 4.04. The lowest BCUT2D eigenvalue weighted by atomic mass is 9.76. The lowest BCUT2D eigenvalue weighted by Gasteiger charge is -2.40. The van der Waals surface area contributed by atoms with Crippen LogP contribution in [-0.2, 0) is 15.1 Å². The van der Waals surface area contributed by atoms with E-state index >= 15 is 0 Å². The first kappa shape index (κ1) is 17.0. The topological polar surface area (TPSA) is 51.1 Å². The Morgan fingerprint density at radius 3 is 2.96 bits per heavy atom. The number of hydrogen-bond acceptors (Lipinski definition) is 5. The molecule has 4 rings (SSSR count). The first-order chi connectivity index (χ1) is 12.0. The molecule has 0 bridgehead atoms. The summed E-state index contributed by atoms with van der Waals surface area (Å²) in [6, 6.07) is 5.51. The molecule has 3 unspecified atom stereocenters. The van der Waals surface area contributed by atoms with Crippen LogP contribution in [0.4, 0.5) is 0 Å². The number of hydrogen-bond donors (Lipinski definition) is 0. The van der Waals surface area contributed by atoms with Crippen molar-refractivity contribution in [3.63, 3.8) is 0 Å². The quantitative estimate of drug-likeness (QED) is 0.715. The maximum atomic E-state index is 13.2. The molecular weight excluding hydrogens is 335 g/mol. The summed E-state index contributed by atoms with van der Waals surface area (Å²) in [5.41, 5.74) is 0.462. The van der Waals surface area contributed by atoms with Gasteiger partial charge in [0.2, 0.25) is 0 Å². The summed E-state index contributed by atoms with van der Waals surface area (Å²) in [7, 11) is 7.79. The van der Waals surface area contributed by atoms with Gasteiger partial charge in [-0.25, -0.2) is 4.99 Å². The molecule has 0 saturated carbocycles. The summed E-state index contributed by atoms with van der Waals surface area (Å²) in [6.45, 7) is 1.48. The van der Waals surface area contributed by atoms with Crippen molar-refractivity contribution in [2.24, 2.45) is 10.9 Å². The summed E-state index contributed by atoms with van der Waals surface area (Å²) >= 11 is 1.49. The van der Waals surface area contributed by atoms with Crippen LogP contribution in [0, 0.1) is 5.92 Å². The number of aliphatic imine (C=N–C) groups is 1. The molecule has 0 aromatic heterocycles. The summed E-state index contributed by atoms with van der Waals surface area (Å²) in [6.07, 6.45) is 4.46. The van der Waals surface area contributed by atoms with Crippen molar-refractivity contribution in [3.8, 4) is 5.75 Å². The molecule has 0 aliphatic carbocycles. The average molecular weight is 356 g/mol. The molecule has 3 aliphatic heterocycles. The lowest BCUT2D eigenvalue weighted by Crippen LogP contribution is -2.48. The van der Waals surface area contributed by atoms with Gasteiger partial charge in [0.05, 0.1) is 6.61 Å². The molecule has 1 fully saturated rings. The maximum Gasteiger partial charge on any atom is 0.261 e. The van der Waals surface area contributed by atoms with E-state index in [2.05, 4.69) is 0 Å². The first-order valence-electron chi connectivity index (χ1n) is 8.61. The second kappa shape index (κ2) is 6.36. The van der Waals surface area contributed by atoms with E-state index in [-0.39, 0.29) is 17.9 Å². The number of ether oxygens (including phenoxy) is 2. The summed E-state index contributed by atoms with van der Waals surface area (Å²) in [4.78, 5) is 19.7. The van der Waals surface area contributed by atoms with Gasteiger partial charge in [-0.15, -0.1) is 0 Å². The second-order valence-electron chi connectivity index (χ2n) is 6.92. The van der Waals surface area contributed by atoms with E-state index < -0.39 is 5.54 Å². The van der Waals surface area contributed by atoms with Crippen LogP contribution in [0.15, 0.2) is 23.2 Å². The molecule has 0 N–H and O–H groups in total. The number of likely N-dealkylation sites (N-methyl/N-ethyl adjacent to an activating group) is 1. The number of carbonyl (C=O) groups excluding carboxylic acids is 1. The molecule has 25 heavy (non-hydrogen) atoms. The van der Waals surface area contributed by atoms with Crippen molar-refractivity contribution < 1.29 is 14.3 Å². The summed E-state index contributed by atoms with van der Waals surface area (Å²) in [5, 5.41) is 0.735. The molecule has 130 valence electrons. The number of benzene rings is 1. The fraction of sp³-hybridized carbons (Fsp3) is 0.556. The van der Waals surface area contributed by atoms with E-state index in [4.69, 9.17) is 22.3 Å². The highest BCUT2D eigenvalue weighted by Crippen LogP contribution is 2.48. The minimum Gasteiger partial charge on any atom is -0.490 e. The Morgan fingerprint density at radius 2 is 2.28 bits per heavy atom. The van der Waals surface area contributed by atoms with Crippen molar-refractivity contribution in [2.45, 2.75) is 30.9 Å². The van der Waals surface area contributed by atoms with Crippen LogP contribution in [0.3, 0.4) is 0 Å². The van der Waals surface area contributed by atoms with Gasteiger partial charge < -0.3 is 9.47 Å². The number of fused-ring (bicyclic) bond motifs is 2. The minimum absolute atomic E-state index is 0.00581. The van der Waals surface area contributed by atoms with Gasteiger partial charge in [-0.1, -0.05) is 29.4 Å². The highest BCUT2D eigenvalue weighted by atomic mass is 32.2. The molecule has 5 nitrogen and oxygen atoms in total. The Labute approximate surface area is 153 Å². The van der Waals surface area contributed by atoms with E-state index in [9.17, 15) is 4.79 Å². The van der Waals surface area contributed by atoms with Crippen molar-refractivity contribution in [3.05, 3.63) is 23.8 Å². The number of amidine groups is 1. The Morgan fingerprint density at radius 1 is 1.44 bits per heavy atom. The molecule has 3 aliphatic rings. The molecule has 3 heterocycles. The second-order valence-corrected chi connectivity index (χ2v) is 7.69. The van der Waals surface area contributed by atoms with Gasteiger partial charge in [-0.2, -0.15) is 0 Å². The van der Waals surface area contributed by atoms with Gasteiger partial charge in [0.1, 0.15) is 19.7 Å². The van der Waals surface area contributed by atoms with E-state index in [1.165, 1.54) is 11.8 Å². The van der Waals surface area contributed by atoms with Crippen LogP contribution in [0.25, 0.3) is 0 Å². The maximum absolute atomic E-state index is 13.2. The molecule has 1 spiro atoms. The normalized spacial score (nSPS) is 31.7. The average Bonchev–Trinajstić information content (AvgIpc) is 2.88. The number of carbonyl (C=O) groups is 1. The Balaban J connectivity index is 1.80. The van der Waals surface area contributed by atoms with Gasteiger partial charge >= 0.3 is 0 Å². The number of thioether (sulfide) groups is 1. The monoisotopic (exact) mass is 356 g/mol. The van der Waals surface area contributed by atoms with Crippen LogP contribution in [-0.4, -0.2) is 56.4 Å². The van der Waals surface area contributed by atoms with Gasteiger partial charge in [-0.3, -0.25) is 9.69 Å². The van der Waals surface area contributed by atoms with Crippen LogP contribution in [0.2, 0.25) is 0 Å². The third kappa shape index (κ3) is 2.68. The predicted octanol–water partition coefficient (Wildman–Crippen LogP) is 1.44. The van der Waals surface area contributed by atoms with Crippen LogP contribution >= 0.6 is 11.8 Å². The highest BCUT2D eigenvalue weighted by molar-refractivity contribution is 8.13. The molecule has 1 amide bonds. The van der Waals surface area contributed by atoms with Crippen molar-refractivity contribution >= 4 is 36.1 Å². The van der Waals surface area contributed by atoms with Gasteiger partial charge in [-0.05, 0) is 25.2 Å². The number of amides is 1. The lowest BCUT2D eigenvalue weighted by molar-refractivity contribution is -0.133. The third-order valence-electron chi connectivity index (χ3n) is 5.36. The van der Waals surface area contributed by atoms with E-state index in [0.29, 0.717) is 24.2 Å². The van der Waals surface area contributed by atoms with Crippen LogP contribution in [0.1, 0.15) is 24.8 Å². The molecule has 1 aromatic carbocycles. The fourth-order valence-corrected chi connectivity index (χ4v) is 4.65. The van der Waals surface area contributed by atoms with Crippen molar-refractivity contribution in [1.29, 1.82) is 0 Å². The van der Waals surface area contributed by atoms with Crippen molar-refractivity contribution in [2.75, 3.05) is 26.5 Å². The zero-order valence-corrected chi connectivity index (χ0v) is 15.3. The molecule has 1 aromatic rings. The van der Waals surface area contributed by atoms with Gasteiger partial charge in [0.25, 0.3) is 5.91 Å². The van der Waals surface area contributed by atoms with E-state index in [1.54, 1.807) is 11.9 Å². The van der Waals surface area contributed by atoms with Crippen LogP contribution in [0.5, 0.6) is 5.75 Å². The van der Waals surface area contributed by atoms with Crippen LogP contribution < -0.4 is 10.2 Å². The standard InChI is InChI=1S/C18H21BN2O3S/c1-21-16(22)18(20-17(21)25-2)9-15(11-4-3-7-23-10-11)24-14-6-5-12(19)8-13(14)18/h5-6,8,11,15H,3-4,7,9-10H2,1-2H3. The highest BCUT2D eigenvalue weighted by Gasteiger charge is 2.54. The summed E-state index contributed by atoms with van der Waals surface area (Å²) in [5.74, 6) is 0.987. The SMILES string of the molecule is [B]c1ccc2c(c1)C1(CC(C3CCCOC3)O2)N=C(SC)N(C)C1=O.